The van der Waals surface area contributed by atoms with Crippen molar-refractivity contribution in [3.05, 3.63) is 41.8 Å². The fraction of sp³-hybridized carbons (Fsp3) is 0.375. The van der Waals surface area contributed by atoms with E-state index in [1.54, 1.807) is 0 Å². The Morgan fingerprint density at radius 3 is 2.65 bits per heavy atom. The summed E-state index contributed by atoms with van der Waals surface area (Å²) in [5.41, 5.74) is -0.427. The number of aromatic carboxylic acids is 1. The summed E-state index contributed by atoms with van der Waals surface area (Å²) in [6.07, 6.45) is 3.35. The minimum Gasteiger partial charge on any atom is -0.489 e. The standard InChI is InChI=1S/C16H18FN3O5S/c17-10-5-7-11(8-6-10)25-14-4-2-1-3-13(14)20-26(23,24)15-12(16(21)22)9-18-19-15/h5-9,13-14,20H,1-4H2,(H,18,19)(H,21,22). The number of nitrogens with one attached hydrogen (secondary N) is 2. The molecule has 1 fully saturated rings. The van der Waals surface area contributed by atoms with Crippen LogP contribution in [0, 0.1) is 5.82 Å². The Labute approximate surface area is 149 Å². The molecular weight excluding hydrogens is 365 g/mol. The minimum absolute atomic E-state index is 0.390. The molecule has 0 amide bonds. The number of carboxylic acids is 1. The summed E-state index contributed by atoms with van der Waals surface area (Å²) in [5, 5.41) is 14.3. The highest BCUT2D eigenvalue weighted by molar-refractivity contribution is 7.89. The third kappa shape index (κ3) is 4.02. The number of aromatic nitrogens is 2. The van der Waals surface area contributed by atoms with E-state index < -0.39 is 44.5 Å². The smallest absolute Gasteiger partial charge is 0.340 e. The van der Waals surface area contributed by atoms with Gasteiger partial charge in [0.15, 0.2) is 5.03 Å². The molecule has 0 saturated heterocycles. The second-order valence-corrected chi connectivity index (χ2v) is 7.69. The van der Waals surface area contributed by atoms with Gasteiger partial charge in [-0.1, -0.05) is 6.42 Å². The number of carbonyl (C=O) groups is 1. The van der Waals surface area contributed by atoms with Crippen molar-refractivity contribution >= 4 is 16.0 Å². The highest BCUT2D eigenvalue weighted by atomic mass is 32.2. The summed E-state index contributed by atoms with van der Waals surface area (Å²) < 4.78 is 46.5. The van der Waals surface area contributed by atoms with Crippen LogP contribution in [0.2, 0.25) is 0 Å². The molecular formula is C16H18FN3O5S. The Bertz CT molecular complexity index is 882. The molecule has 3 N–H and O–H groups in total. The van der Waals surface area contributed by atoms with Crippen LogP contribution in [0.15, 0.2) is 35.5 Å². The summed E-state index contributed by atoms with van der Waals surface area (Å²) in [6.45, 7) is 0. The Hall–Kier alpha value is -2.46. The summed E-state index contributed by atoms with van der Waals surface area (Å²) in [7, 11) is -4.11. The van der Waals surface area contributed by atoms with Gasteiger partial charge in [0.2, 0.25) is 0 Å². The fourth-order valence-electron chi connectivity index (χ4n) is 2.95. The van der Waals surface area contributed by atoms with Crippen LogP contribution in [0.1, 0.15) is 36.0 Å². The molecule has 140 valence electrons. The molecule has 10 heteroatoms. The van der Waals surface area contributed by atoms with Crippen LogP contribution in [0.4, 0.5) is 4.39 Å². The molecule has 2 aromatic rings. The number of halogens is 1. The lowest BCUT2D eigenvalue weighted by Crippen LogP contribution is -2.47. The molecule has 1 aromatic heterocycles. The Morgan fingerprint density at radius 2 is 1.96 bits per heavy atom. The maximum Gasteiger partial charge on any atom is 0.340 e. The van der Waals surface area contributed by atoms with Crippen LogP contribution < -0.4 is 9.46 Å². The molecule has 26 heavy (non-hydrogen) atoms. The van der Waals surface area contributed by atoms with Gasteiger partial charge in [-0.2, -0.15) is 5.10 Å². The number of ether oxygens (including phenoxy) is 1. The van der Waals surface area contributed by atoms with Crippen molar-refractivity contribution in [2.24, 2.45) is 0 Å². The largest absolute Gasteiger partial charge is 0.489 e. The van der Waals surface area contributed by atoms with Crippen molar-refractivity contribution in [1.29, 1.82) is 0 Å². The maximum atomic E-state index is 13.0. The van der Waals surface area contributed by atoms with Crippen molar-refractivity contribution < 1.29 is 27.4 Å². The number of hydrogen-bond acceptors (Lipinski definition) is 5. The van der Waals surface area contributed by atoms with Gasteiger partial charge in [-0.25, -0.2) is 22.3 Å². The Balaban J connectivity index is 1.78. The number of aromatic amines is 1. The normalized spacial score (nSPS) is 20.7. The monoisotopic (exact) mass is 383 g/mol. The molecule has 0 bridgehead atoms. The molecule has 2 unspecified atom stereocenters. The second-order valence-electron chi connectivity index (χ2n) is 6.04. The van der Waals surface area contributed by atoms with Crippen LogP contribution in [-0.4, -0.2) is 41.8 Å². The lowest BCUT2D eigenvalue weighted by molar-refractivity contribution is 0.0692. The second kappa shape index (κ2) is 7.42. The first-order valence-corrected chi connectivity index (χ1v) is 9.56. The highest BCUT2D eigenvalue weighted by Crippen LogP contribution is 2.25. The molecule has 1 aliphatic rings. The van der Waals surface area contributed by atoms with Gasteiger partial charge in [0.25, 0.3) is 10.0 Å². The van der Waals surface area contributed by atoms with Crippen LogP contribution in [-0.2, 0) is 10.0 Å². The molecule has 3 rings (SSSR count). The van der Waals surface area contributed by atoms with Gasteiger partial charge >= 0.3 is 5.97 Å². The van der Waals surface area contributed by atoms with Gasteiger partial charge in [0.1, 0.15) is 23.2 Å². The molecule has 1 aromatic carbocycles. The van der Waals surface area contributed by atoms with Crippen molar-refractivity contribution in [2.75, 3.05) is 0 Å². The zero-order chi connectivity index (χ0) is 18.7. The van der Waals surface area contributed by atoms with Crippen LogP contribution in [0.25, 0.3) is 0 Å². The molecule has 0 spiro atoms. The van der Waals surface area contributed by atoms with Gasteiger partial charge in [-0.05, 0) is 43.5 Å². The Morgan fingerprint density at radius 1 is 1.27 bits per heavy atom. The number of nitrogens with zero attached hydrogens (tertiary/aromatic N) is 1. The molecule has 1 aliphatic carbocycles. The molecule has 1 saturated carbocycles. The third-order valence-electron chi connectivity index (χ3n) is 4.21. The van der Waals surface area contributed by atoms with Crippen LogP contribution in [0.5, 0.6) is 5.75 Å². The fourth-order valence-corrected chi connectivity index (χ4v) is 4.34. The molecule has 0 radical (unpaired) electrons. The number of benzene rings is 1. The predicted molar refractivity (Wildman–Crippen MR) is 88.9 cm³/mol. The van der Waals surface area contributed by atoms with E-state index in [1.807, 2.05) is 0 Å². The van der Waals surface area contributed by atoms with Crippen LogP contribution >= 0.6 is 0 Å². The van der Waals surface area contributed by atoms with Crippen molar-refractivity contribution in [3.8, 4) is 5.75 Å². The molecule has 0 aliphatic heterocycles. The number of H-pyrrole nitrogens is 1. The summed E-state index contributed by atoms with van der Waals surface area (Å²) >= 11 is 0. The number of carboxylic acid groups (broad SMARTS) is 1. The molecule has 8 nitrogen and oxygen atoms in total. The van der Waals surface area contributed by atoms with E-state index in [4.69, 9.17) is 9.84 Å². The molecule has 2 atom stereocenters. The van der Waals surface area contributed by atoms with Crippen LogP contribution in [0.3, 0.4) is 0 Å². The quantitative estimate of drug-likeness (QED) is 0.701. The van der Waals surface area contributed by atoms with Crippen molar-refractivity contribution in [2.45, 2.75) is 42.9 Å². The van der Waals surface area contributed by atoms with Gasteiger partial charge < -0.3 is 9.84 Å². The Kier molecular flexibility index (Phi) is 5.23. The topological polar surface area (TPSA) is 121 Å². The van der Waals surface area contributed by atoms with E-state index in [2.05, 4.69) is 14.9 Å². The lowest BCUT2D eigenvalue weighted by atomic mass is 9.93. The van der Waals surface area contributed by atoms with E-state index in [1.165, 1.54) is 24.3 Å². The molecule has 1 heterocycles. The summed E-state index contributed by atoms with van der Waals surface area (Å²) in [4.78, 5) is 11.1. The predicted octanol–water partition coefficient (Wildman–Crippen LogP) is 1.92. The third-order valence-corrected chi connectivity index (χ3v) is 5.68. The average molecular weight is 383 g/mol. The lowest BCUT2D eigenvalue weighted by Gasteiger charge is -2.32. The number of sulfonamides is 1. The van der Waals surface area contributed by atoms with Gasteiger partial charge in [-0.15, -0.1) is 0 Å². The number of rotatable bonds is 6. The van der Waals surface area contributed by atoms with Gasteiger partial charge in [-0.3, -0.25) is 5.10 Å². The first-order chi connectivity index (χ1) is 12.4. The van der Waals surface area contributed by atoms with Crippen molar-refractivity contribution in [3.63, 3.8) is 0 Å². The first kappa shape index (κ1) is 18.3. The highest BCUT2D eigenvalue weighted by Gasteiger charge is 2.33. The first-order valence-electron chi connectivity index (χ1n) is 8.08. The maximum absolute atomic E-state index is 13.0. The summed E-state index contributed by atoms with van der Waals surface area (Å²) in [5.74, 6) is -1.34. The zero-order valence-electron chi connectivity index (χ0n) is 13.7. The minimum atomic E-state index is -4.11. The number of hydrogen-bond donors (Lipinski definition) is 3. The van der Waals surface area contributed by atoms with E-state index >= 15 is 0 Å². The van der Waals surface area contributed by atoms with E-state index in [-0.39, 0.29) is 0 Å². The SMILES string of the molecule is O=C(O)c1cn[nH]c1S(=O)(=O)NC1CCCCC1Oc1ccc(F)cc1. The zero-order valence-corrected chi connectivity index (χ0v) is 14.5. The van der Waals surface area contributed by atoms with Gasteiger partial charge in [0, 0.05) is 0 Å². The average Bonchev–Trinajstić information content (AvgIpc) is 3.09. The van der Waals surface area contributed by atoms with E-state index in [9.17, 15) is 17.6 Å². The van der Waals surface area contributed by atoms with E-state index in [0.29, 0.717) is 18.6 Å². The van der Waals surface area contributed by atoms with E-state index in [0.717, 1.165) is 19.0 Å². The van der Waals surface area contributed by atoms with Crippen molar-refractivity contribution in [1.82, 2.24) is 14.9 Å². The van der Waals surface area contributed by atoms with Gasteiger partial charge in [0.05, 0.1) is 12.2 Å². The summed E-state index contributed by atoms with van der Waals surface area (Å²) in [6, 6.07) is 4.95.